The van der Waals surface area contributed by atoms with Crippen LogP contribution in [0.4, 0.5) is 0 Å². The van der Waals surface area contributed by atoms with Crippen molar-refractivity contribution in [1.82, 2.24) is 0 Å². The van der Waals surface area contributed by atoms with Crippen molar-refractivity contribution in [2.24, 2.45) is 0 Å². The van der Waals surface area contributed by atoms with Crippen LogP contribution in [-0.2, 0) is 14.2 Å². The van der Waals surface area contributed by atoms with Crippen molar-refractivity contribution in [3.8, 4) is 5.75 Å². The Labute approximate surface area is 135 Å². The van der Waals surface area contributed by atoms with E-state index in [1.165, 1.54) is 0 Å². The average molecular weight is 312 g/mol. The van der Waals surface area contributed by atoms with Crippen molar-refractivity contribution in [1.29, 1.82) is 0 Å². The van der Waals surface area contributed by atoms with Gasteiger partial charge in [-0.15, -0.1) is 0 Å². The van der Waals surface area contributed by atoms with Gasteiger partial charge in [-0.1, -0.05) is 42.5 Å². The lowest BCUT2D eigenvalue weighted by atomic mass is 10.1. The molecule has 0 aromatic heterocycles. The molecule has 2 aliphatic rings. The summed E-state index contributed by atoms with van der Waals surface area (Å²) in [6.07, 6.45) is 3.24. The first-order chi connectivity index (χ1) is 11.1. The Morgan fingerprint density at radius 1 is 1.04 bits per heavy atom. The van der Waals surface area contributed by atoms with E-state index in [4.69, 9.17) is 18.9 Å². The van der Waals surface area contributed by atoms with E-state index < -0.39 is 12.1 Å². The van der Waals surface area contributed by atoms with Gasteiger partial charge in [0.2, 0.25) is 6.29 Å². The SMILES string of the molecule is CC1(C)OC[C@H]2O[C@H](Oc3cccc4ccccc34)C=C[C@@H]2O1. The fourth-order valence-electron chi connectivity index (χ4n) is 3.00. The molecule has 0 saturated carbocycles. The summed E-state index contributed by atoms with van der Waals surface area (Å²) in [5.74, 6) is 0.243. The number of fused-ring (bicyclic) bond motifs is 2. The molecule has 0 N–H and O–H groups in total. The van der Waals surface area contributed by atoms with E-state index in [0.29, 0.717) is 6.61 Å². The van der Waals surface area contributed by atoms with Crippen LogP contribution >= 0.6 is 0 Å². The highest BCUT2D eigenvalue weighted by Crippen LogP contribution is 2.31. The third kappa shape index (κ3) is 2.98. The minimum Gasteiger partial charge on any atom is -0.461 e. The summed E-state index contributed by atoms with van der Waals surface area (Å²) < 4.78 is 23.6. The van der Waals surface area contributed by atoms with Crippen LogP contribution in [0.25, 0.3) is 10.8 Å². The second kappa shape index (κ2) is 5.64. The Morgan fingerprint density at radius 2 is 1.87 bits per heavy atom. The van der Waals surface area contributed by atoms with E-state index >= 15 is 0 Å². The van der Waals surface area contributed by atoms with Gasteiger partial charge in [0.1, 0.15) is 18.0 Å². The summed E-state index contributed by atoms with van der Waals surface area (Å²) in [6.45, 7) is 4.32. The van der Waals surface area contributed by atoms with Crippen molar-refractivity contribution in [3.05, 3.63) is 54.6 Å². The molecule has 1 fully saturated rings. The quantitative estimate of drug-likeness (QED) is 0.793. The molecule has 0 spiro atoms. The molecular weight excluding hydrogens is 292 g/mol. The van der Waals surface area contributed by atoms with Gasteiger partial charge in [0.15, 0.2) is 5.79 Å². The van der Waals surface area contributed by atoms with Crippen LogP contribution in [0.1, 0.15) is 13.8 Å². The first-order valence-corrected chi connectivity index (χ1v) is 7.91. The van der Waals surface area contributed by atoms with Gasteiger partial charge in [0.05, 0.1) is 6.61 Å². The van der Waals surface area contributed by atoms with Gasteiger partial charge in [-0.25, -0.2) is 0 Å². The van der Waals surface area contributed by atoms with Gasteiger partial charge < -0.3 is 18.9 Å². The largest absolute Gasteiger partial charge is 0.461 e. The Hall–Kier alpha value is -1.88. The molecule has 4 nitrogen and oxygen atoms in total. The van der Waals surface area contributed by atoms with Crippen molar-refractivity contribution >= 4 is 10.8 Å². The third-order valence-corrected chi connectivity index (χ3v) is 4.14. The summed E-state index contributed by atoms with van der Waals surface area (Å²) in [6, 6.07) is 14.2. The molecule has 0 radical (unpaired) electrons. The third-order valence-electron chi connectivity index (χ3n) is 4.14. The van der Waals surface area contributed by atoms with Crippen molar-refractivity contribution in [2.45, 2.75) is 38.1 Å². The zero-order chi connectivity index (χ0) is 15.9. The molecule has 4 rings (SSSR count). The van der Waals surface area contributed by atoms with Crippen LogP contribution in [0.2, 0.25) is 0 Å². The molecule has 0 amide bonds. The van der Waals surface area contributed by atoms with E-state index in [9.17, 15) is 0 Å². The summed E-state index contributed by atoms with van der Waals surface area (Å²) >= 11 is 0. The van der Waals surface area contributed by atoms with Crippen LogP contribution in [0.15, 0.2) is 54.6 Å². The number of ether oxygens (including phenoxy) is 4. The lowest BCUT2D eigenvalue weighted by molar-refractivity contribution is -0.314. The molecule has 0 aliphatic carbocycles. The molecule has 2 aromatic rings. The maximum Gasteiger partial charge on any atom is 0.220 e. The standard InChI is InChI=1S/C19H20O4/c1-19(2)20-12-17-16(23-19)10-11-18(22-17)21-15-9-5-7-13-6-3-4-8-14(13)15/h3-11,16-18H,12H2,1-2H3/t16-,17+,18-/m0/s1. The van der Waals surface area contributed by atoms with E-state index in [1.807, 2.05) is 50.3 Å². The van der Waals surface area contributed by atoms with Gasteiger partial charge in [-0.05, 0) is 31.4 Å². The predicted octanol–water partition coefficient (Wildman–Crippen LogP) is 3.65. The smallest absolute Gasteiger partial charge is 0.220 e. The lowest BCUT2D eigenvalue weighted by Gasteiger charge is -2.42. The van der Waals surface area contributed by atoms with Crippen LogP contribution in [-0.4, -0.2) is 30.9 Å². The highest BCUT2D eigenvalue weighted by atomic mass is 16.8. The minimum absolute atomic E-state index is 0.0916. The molecule has 2 aliphatic heterocycles. The maximum absolute atomic E-state index is 6.05. The Kier molecular flexibility index (Phi) is 3.60. The molecule has 23 heavy (non-hydrogen) atoms. The monoisotopic (exact) mass is 312 g/mol. The first-order valence-electron chi connectivity index (χ1n) is 7.91. The highest BCUT2D eigenvalue weighted by Gasteiger charge is 2.39. The summed E-state index contributed by atoms with van der Waals surface area (Å²) in [4.78, 5) is 0. The fourth-order valence-corrected chi connectivity index (χ4v) is 3.00. The normalized spacial score (nSPS) is 29.2. The lowest BCUT2D eigenvalue weighted by Crippen LogP contribution is -2.52. The Morgan fingerprint density at radius 3 is 2.78 bits per heavy atom. The molecule has 1 saturated heterocycles. The molecule has 4 heteroatoms. The fraction of sp³-hybridized carbons (Fsp3) is 0.368. The number of hydrogen-bond donors (Lipinski definition) is 0. The van der Waals surface area contributed by atoms with Gasteiger partial charge in [0.25, 0.3) is 0 Å². The molecule has 120 valence electrons. The molecule has 2 heterocycles. The van der Waals surface area contributed by atoms with Crippen LogP contribution in [0.3, 0.4) is 0 Å². The Balaban J connectivity index is 1.54. The number of hydrogen-bond acceptors (Lipinski definition) is 4. The zero-order valence-corrected chi connectivity index (χ0v) is 13.3. The van der Waals surface area contributed by atoms with Crippen molar-refractivity contribution in [2.75, 3.05) is 6.61 Å². The van der Waals surface area contributed by atoms with Gasteiger partial charge in [-0.3, -0.25) is 0 Å². The second-order valence-electron chi connectivity index (χ2n) is 6.32. The van der Waals surface area contributed by atoms with E-state index in [-0.39, 0.29) is 12.2 Å². The van der Waals surface area contributed by atoms with Crippen LogP contribution < -0.4 is 4.74 Å². The second-order valence-corrected chi connectivity index (χ2v) is 6.32. The highest BCUT2D eigenvalue weighted by molar-refractivity contribution is 5.88. The van der Waals surface area contributed by atoms with E-state index in [2.05, 4.69) is 18.2 Å². The van der Waals surface area contributed by atoms with E-state index in [1.54, 1.807) is 0 Å². The molecule has 3 atom stereocenters. The molecule has 2 aromatic carbocycles. The van der Waals surface area contributed by atoms with Crippen molar-refractivity contribution < 1.29 is 18.9 Å². The average Bonchev–Trinajstić information content (AvgIpc) is 2.55. The molecular formula is C19H20O4. The van der Waals surface area contributed by atoms with Crippen molar-refractivity contribution in [3.63, 3.8) is 0 Å². The predicted molar refractivity (Wildman–Crippen MR) is 87.3 cm³/mol. The molecule has 0 bridgehead atoms. The molecule has 0 unspecified atom stereocenters. The summed E-state index contributed by atoms with van der Waals surface area (Å²) in [5, 5.41) is 2.22. The summed E-state index contributed by atoms with van der Waals surface area (Å²) in [5.41, 5.74) is 0. The zero-order valence-electron chi connectivity index (χ0n) is 13.3. The summed E-state index contributed by atoms with van der Waals surface area (Å²) in [7, 11) is 0. The number of rotatable bonds is 2. The van der Waals surface area contributed by atoms with Crippen LogP contribution in [0.5, 0.6) is 5.75 Å². The van der Waals surface area contributed by atoms with Gasteiger partial charge >= 0.3 is 0 Å². The minimum atomic E-state index is -0.571. The van der Waals surface area contributed by atoms with Gasteiger partial charge in [0, 0.05) is 5.39 Å². The first kappa shape index (κ1) is 14.7. The van der Waals surface area contributed by atoms with Crippen LogP contribution in [0, 0.1) is 0 Å². The maximum atomic E-state index is 6.05. The topological polar surface area (TPSA) is 36.9 Å². The van der Waals surface area contributed by atoms with E-state index in [0.717, 1.165) is 16.5 Å². The Bertz CT molecular complexity index is 732. The number of benzene rings is 2. The van der Waals surface area contributed by atoms with Gasteiger partial charge in [-0.2, -0.15) is 0 Å².